The molecule has 0 radical (unpaired) electrons. The molecule has 202 valence electrons. The van der Waals surface area contributed by atoms with Gasteiger partial charge in [0.15, 0.2) is 0 Å². The van der Waals surface area contributed by atoms with Crippen LogP contribution in [-0.4, -0.2) is 29.2 Å². The average molecular weight is 511 g/mol. The maximum absolute atomic E-state index is 8.74. The van der Waals surface area contributed by atoms with E-state index in [0.29, 0.717) is 6.61 Å². The van der Waals surface area contributed by atoms with Crippen molar-refractivity contribution in [2.24, 2.45) is 0 Å². The molecule has 0 bridgehead atoms. The molecule has 0 rings (SSSR count). The Morgan fingerprint density at radius 3 is 0.970 bits per heavy atom. The van der Waals surface area contributed by atoms with Crippen molar-refractivity contribution in [1.29, 1.82) is 0 Å². The van der Waals surface area contributed by atoms with Crippen molar-refractivity contribution >= 4 is 10.4 Å². The molecule has 33 heavy (non-hydrogen) atoms. The monoisotopic (exact) mass is 510 g/mol. The van der Waals surface area contributed by atoms with E-state index in [1.807, 2.05) is 0 Å². The molecule has 0 aliphatic rings. The van der Waals surface area contributed by atoms with Gasteiger partial charge in [-0.3, -0.25) is 9.11 Å². The van der Waals surface area contributed by atoms with Crippen LogP contribution in [0.4, 0.5) is 0 Å². The number of aliphatic hydroxyl groups excluding tert-OH is 1. The van der Waals surface area contributed by atoms with E-state index in [4.69, 9.17) is 22.6 Å². The van der Waals surface area contributed by atoms with Crippen LogP contribution in [0.15, 0.2) is 0 Å². The molecule has 0 aliphatic carbocycles. The molecule has 0 fully saturated rings. The zero-order valence-corrected chi connectivity index (χ0v) is 25.4. The first kappa shape index (κ1) is 47.0. The summed E-state index contributed by atoms with van der Waals surface area (Å²) in [6, 6.07) is 0. The topological polar surface area (TPSA) is 165 Å². The largest absolute Gasteiger partial charge is 1.00 e. The predicted octanol–water partition coefficient (Wildman–Crippen LogP) is 5.32. The zero-order chi connectivity index (χ0) is 23.3. The summed E-state index contributed by atoms with van der Waals surface area (Å²) in [5.74, 6) is 0. The SMILES string of the molecule is CCCCCCCCCCCCO.N.N.O=S(=O)(O)O.[CH2-]CCCCCCCCCCC.[Na+]. The Labute approximate surface area is 229 Å². The zero-order valence-electron chi connectivity index (χ0n) is 22.5. The minimum absolute atomic E-state index is 0. The van der Waals surface area contributed by atoms with Crippen LogP contribution in [0.5, 0.6) is 0 Å². The third kappa shape index (κ3) is 79.4. The first-order chi connectivity index (χ1) is 14.3. The van der Waals surface area contributed by atoms with Gasteiger partial charge in [0.1, 0.15) is 0 Å². The van der Waals surface area contributed by atoms with Gasteiger partial charge in [0.2, 0.25) is 0 Å². The fourth-order valence-electron chi connectivity index (χ4n) is 3.09. The van der Waals surface area contributed by atoms with Gasteiger partial charge >= 0.3 is 40.0 Å². The summed E-state index contributed by atoms with van der Waals surface area (Å²) in [5.41, 5.74) is 0. The van der Waals surface area contributed by atoms with E-state index in [1.54, 1.807) is 0 Å². The Bertz CT molecular complexity index is 361. The first-order valence-corrected chi connectivity index (χ1v) is 13.8. The minimum atomic E-state index is -4.67. The van der Waals surface area contributed by atoms with Crippen LogP contribution < -0.4 is 41.9 Å². The van der Waals surface area contributed by atoms with Crippen LogP contribution in [0, 0.1) is 6.92 Å². The van der Waals surface area contributed by atoms with Crippen molar-refractivity contribution in [3.05, 3.63) is 6.92 Å². The predicted molar refractivity (Wildman–Crippen MR) is 140 cm³/mol. The second-order valence-corrected chi connectivity index (χ2v) is 8.93. The number of unbranched alkanes of at least 4 members (excludes halogenated alkanes) is 18. The van der Waals surface area contributed by atoms with E-state index in [1.165, 1.54) is 116 Å². The van der Waals surface area contributed by atoms with Gasteiger partial charge in [-0.2, -0.15) is 14.8 Å². The van der Waals surface area contributed by atoms with Crippen molar-refractivity contribution in [3.8, 4) is 0 Å². The smallest absolute Gasteiger partial charge is 0.396 e. The van der Waals surface area contributed by atoms with Crippen LogP contribution in [0.25, 0.3) is 0 Å². The fourth-order valence-corrected chi connectivity index (χ4v) is 3.09. The van der Waals surface area contributed by atoms with Crippen molar-refractivity contribution in [3.63, 3.8) is 0 Å². The Balaban J connectivity index is -0.0000000855. The molecule has 0 aromatic carbocycles. The Morgan fingerprint density at radius 2 is 0.758 bits per heavy atom. The maximum Gasteiger partial charge on any atom is 1.00 e. The third-order valence-electron chi connectivity index (χ3n) is 4.87. The van der Waals surface area contributed by atoms with Crippen molar-refractivity contribution < 1.29 is 52.2 Å². The summed E-state index contributed by atoms with van der Waals surface area (Å²) in [5, 5.41) is 8.57. The molecule has 9 N–H and O–H groups in total. The molecule has 0 spiro atoms. The molecule has 0 saturated heterocycles. The van der Waals surface area contributed by atoms with Crippen LogP contribution in [0.3, 0.4) is 0 Å². The summed E-state index contributed by atoms with van der Waals surface area (Å²) in [7, 11) is -4.67. The van der Waals surface area contributed by atoms with Gasteiger partial charge in [-0.05, 0) is 6.42 Å². The minimum Gasteiger partial charge on any atom is -0.396 e. The molecule has 9 heteroatoms. The van der Waals surface area contributed by atoms with Crippen LogP contribution >= 0.6 is 0 Å². The Hall–Kier alpha value is 0.750. The second kappa shape index (κ2) is 42.9. The van der Waals surface area contributed by atoms with E-state index in [-0.39, 0.29) is 41.9 Å². The molecule has 0 aromatic rings. The molecular weight excluding hydrogens is 451 g/mol. The van der Waals surface area contributed by atoms with Crippen molar-refractivity contribution in [2.45, 2.75) is 142 Å². The summed E-state index contributed by atoms with van der Waals surface area (Å²) < 4.78 is 31.6. The Kier molecular flexibility index (Phi) is 61.1. The van der Waals surface area contributed by atoms with Crippen molar-refractivity contribution in [1.82, 2.24) is 12.3 Å². The van der Waals surface area contributed by atoms with E-state index in [0.717, 1.165) is 12.8 Å². The third-order valence-corrected chi connectivity index (χ3v) is 4.87. The summed E-state index contributed by atoms with van der Waals surface area (Å²) in [4.78, 5) is 0. The van der Waals surface area contributed by atoms with Gasteiger partial charge in [0.25, 0.3) is 0 Å². The second-order valence-electron chi connectivity index (χ2n) is 8.04. The molecule has 0 aromatic heterocycles. The van der Waals surface area contributed by atoms with Crippen LogP contribution in [0.2, 0.25) is 0 Å². The van der Waals surface area contributed by atoms with E-state index in [2.05, 4.69) is 20.8 Å². The summed E-state index contributed by atoms with van der Waals surface area (Å²) in [6.07, 6.45) is 27.2. The van der Waals surface area contributed by atoms with Crippen LogP contribution in [-0.2, 0) is 10.4 Å². The number of aliphatic hydroxyl groups is 1. The molecule has 0 saturated carbocycles. The number of rotatable bonds is 19. The Morgan fingerprint density at radius 1 is 0.545 bits per heavy atom. The fraction of sp³-hybridized carbons (Fsp3) is 0.958. The molecule has 0 heterocycles. The normalized spacial score (nSPS) is 9.76. The molecular formula is C24H59N2NaO5S. The molecule has 0 aliphatic heterocycles. The summed E-state index contributed by atoms with van der Waals surface area (Å²) >= 11 is 0. The van der Waals surface area contributed by atoms with Gasteiger partial charge in [-0.1, -0.05) is 129 Å². The average Bonchev–Trinajstić information content (AvgIpc) is 2.68. The van der Waals surface area contributed by atoms with Gasteiger partial charge in [-0.15, -0.1) is 0 Å². The number of hydrogen-bond donors (Lipinski definition) is 5. The molecule has 7 nitrogen and oxygen atoms in total. The van der Waals surface area contributed by atoms with Crippen molar-refractivity contribution in [2.75, 3.05) is 6.61 Å². The molecule has 0 amide bonds. The molecule has 0 unspecified atom stereocenters. The van der Waals surface area contributed by atoms with E-state index >= 15 is 0 Å². The standard InChI is InChI=1S/C12H26O.C12H25.2H3N.Na.H2O4S/c1-2-3-4-5-6-7-8-9-10-11-12-13;1-3-5-7-9-11-12-10-8-6-4-2;;;;1-5(2,3)4/h13H,2-12H2,1H3;1,3-12H2,2H3;2*1H3;;(H2,1,2,3,4)/q;-1;;;+1;. The first-order valence-electron chi connectivity index (χ1n) is 12.4. The quantitative estimate of drug-likeness (QED) is 0.0679. The van der Waals surface area contributed by atoms with E-state index in [9.17, 15) is 0 Å². The molecule has 0 atom stereocenters. The van der Waals surface area contributed by atoms with E-state index < -0.39 is 10.4 Å². The van der Waals surface area contributed by atoms with Gasteiger partial charge in [0.05, 0.1) is 0 Å². The summed E-state index contributed by atoms with van der Waals surface area (Å²) in [6.45, 7) is 8.75. The van der Waals surface area contributed by atoms with Crippen LogP contribution in [0.1, 0.15) is 142 Å². The maximum atomic E-state index is 8.74. The van der Waals surface area contributed by atoms with Gasteiger partial charge < -0.3 is 24.3 Å². The number of hydrogen-bond acceptors (Lipinski definition) is 5. The van der Waals surface area contributed by atoms with Gasteiger partial charge in [-0.25, -0.2) is 0 Å². The van der Waals surface area contributed by atoms with Gasteiger partial charge in [0, 0.05) is 6.61 Å².